The van der Waals surface area contributed by atoms with E-state index in [0.29, 0.717) is 17.8 Å². The van der Waals surface area contributed by atoms with E-state index < -0.39 is 0 Å². The normalized spacial score (nSPS) is 10.0. The molecule has 7 heteroatoms. The number of nitrogens with one attached hydrogen (secondary N) is 2. The predicted molar refractivity (Wildman–Crippen MR) is 69.9 cm³/mol. The van der Waals surface area contributed by atoms with Crippen molar-refractivity contribution in [3.8, 4) is 0 Å². The molecule has 0 saturated carbocycles. The summed E-state index contributed by atoms with van der Waals surface area (Å²) in [6.45, 7) is 0.373. The van der Waals surface area contributed by atoms with Gasteiger partial charge in [-0.1, -0.05) is 12.2 Å². The van der Waals surface area contributed by atoms with E-state index in [0.717, 1.165) is 5.69 Å². The molecule has 0 aliphatic carbocycles. The molecule has 2 aromatic heterocycles. The average Bonchev–Trinajstić information content (AvgIpc) is 2.89. The quantitative estimate of drug-likeness (QED) is 0.691. The van der Waals surface area contributed by atoms with Crippen molar-refractivity contribution in [1.82, 2.24) is 20.3 Å². The van der Waals surface area contributed by atoms with E-state index >= 15 is 0 Å². The minimum atomic E-state index is -0.265. The Morgan fingerprint density at radius 3 is 2.83 bits per heavy atom. The summed E-state index contributed by atoms with van der Waals surface area (Å²) in [6, 6.07) is 3.25. The van der Waals surface area contributed by atoms with Crippen LogP contribution in [-0.2, 0) is 6.54 Å². The maximum absolute atomic E-state index is 11.7. The first-order valence-corrected chi connectivity index (χ1v) is 5.59. The monoisotopic (exact) mass is 261 g/mol. The summed E-state index contributed by atoms with van der Waals surface area (Å²) in [5, 5.41) is 2.71. The van der Waals surface area contributed by atoms with Crippen LogP contribution >= 0.6 is 12.2 Å². The number of aromatic amines is 1. The van der Waals surface area contributed by atoms with Gasteiger partial charge >= 0.3 is 0 Å². The van der Waals surface area contributed by atoms with Gasteiger partial charge in [0.05, 0.1) is 18.6 Å². The highest BCUT2D eigenvalue weighted by Gasteiger charge is 2.07. The van der Waals surface area contributed by atoms with Crippen molar-refractivity contribution in [2.75, 3.05) is 0 Å². The van der Waals surface area contributed by atoms with Crippen LogP contribution in [0.2, 0.25) is 0 Å². The van der Waals surface area contributed by atoms with Crippen molar-refractivity contribution in [1.29, 1.82) is 0 Å². The van der Waals surface area contributed by atoms with Crippen LogP contribution in [0.15, 0.2) is 30.9 Å². The number of hydrogen-bond donors (Lipinski definition) is 3. The zero-order chi connectivity index (χ0) is 13.0. The molecular weight excluding hydrogens is 250 g/mol. The Morgan fingerprint density at radius 1 is 1.44 bits per heavy atom. The van der Waals surface area contributed by atoms with E-state index in [1.807, 2.05) is 0 Å². The van der Waals surface area contributed by atoms with Crippen LogP contribution in [0.5, 0.6) is 0 Å². The smallest absolute Gasteiger partial charge is 0.270 e. The summed E-state index contributed by atoms with van der Waals surface area (Å²) in [7, 11) is 0. The van der Waals surface area contributed by atoms with E-state index in [-0.39, 0.29) is 10.9 Å². The molecule has 18 heavy (non-hydrogen) atoms. The Morgan fingerprint density at radius 2 is 2.28 bits per heavy atom. The molecule has 0 atom stereocenters. The first kappa shape index (κ1) is 12.2. The van der Waals surface area contributed by atoms with E-state index in [2.05, 4.69) is 20.3 Å². The van der Waals surface area contributed by atoms with Gasteiger partial charge in [0.2, 0.25) is 0 Å². The van der Waals surface area contributed by atoms with Crippen LogP contribution < -0.4 is 11.1 Å². The third-order valence-corrected chi connectivity index (χ3v) is 2.51. The number of hydrogen-bond acceptors (Lipinski definition) is 4. The van der Waals surface area contributed by atoms with Gasteiger partial charge in [-0.15, -0.1) is 0 Å². The molecule has 6 nitrogen and oxygen atoms in total. The molecule has 0 saturated heterocycles. The lowest BCUT2D eigenvalue weighted by molar-refractivity contribution is 0.0945. The first-order chi connectivity index (χ1) is 8.66. The summed E-state index contributed by atoms with van der Waals surface area (Å²) < 4.78 is 0. The number of thiocarbonyl (C=S) groups is 1. The molecule has 0 radical (unpaired) electrons. The highest BCUT2D eigenvalue weighted by atomic mass is 32.1. The maximum Gasteiger partial charge on any atom is 0.270 e. The van der Waals surface area contributed by atoms with Crippen LogP contribution in [0.1, 0.15) is 21.7 Å². The third-order valence-electron chi connectivity index (χ3n) is 2.27. The molecule has 0 aliphatic rings. The van der Waals surface area contributed by atoms with Crippen LogP contribution in [0.3, 0.4) is 0 Å². The number of nitrogens with zero attached hydrogens (tertiary/aromatic N) is 2. The average molecular weight is 261 g/mol. The lowest BCUT2D eigenvalue weighted by Gasteiger charge is -2.03. The fraction of sp³-hybridized carbons (Fsp3) is 0.0909. The zero-order valence-electron chi connectivity index (χ0n) is 9.38. The van der Waals surface area contributed by atoms with Crippen molar-refractivity contribution in [3.63, 3.8) is 0 Å². The number of pyridine rings is 1. The molecule has 2 rings (SSSR count). The van der Waals surface area contributed by atoms with Crippen LogP contribution in [-0.4, -0.2) is 25.8 Å². The van der Waals surface area contributed by atoms with Crippen molar-refractivity contribution >= 4 is 23.1 Å². The highest BCUT2D eigenvalue weighted by Crippen LogP contribution is 2.01. The van der Waals surface area contributed by atoms with Gasteiger partial charge in [0, 0.05) is 18.0 Å². The summed E-state index contributed by atoms with van der Waals surface area (Å²) in [5.74, 6) is -0.265. The second kappa shape index (κ2) is 5.37. The summed E-state index contributed by atoms with van der Waals surface area (Å²) >= 11 is 4.80. The van der Waals surface area contributed by atoms with Gasteiger partial charge in [0.1, 0.15) is 10.7 Å². The van der Waals surface area contributed by atoms with Gasteiger partial charge in [-0.05, 0) is 12.1 Å². The Kier molecular flexibility index (Phi) is 3.63. The van der Waals surface area contributed by atoms with E-state index in [9.17, 15) is 4.79 Å². The summed E-state index contributed by atoms with van der Waals surface area (Å²) in [6.07, 6.45) is 4.67. The van der Waals surface area contributed by atoms with Crippen LogP contribution in [0.4, 0.5) is 0 Å². The number of H-pyrrole nitrogens is 1. The maximum atomic E-state index is 11.7. The zero-order valence-corrected chi connectivity index (χ0v) is 10.2. The minimum absolute atomic E-state index is 0.256. The third kappa shape index (κ3) is 2.89. The summed E-state index contributed by atoms with van der Waals surface area (Å²) in [5.41, 5.74) is 7.21. The predicted octanol–water partition coefficient (Wildman–Crippen LogP) is 0.369. The fourth-order valence-electron chi connectivity index (χ4n) is 1.32. The number of imidazole rings is 1. The molecule has 2 heterocycles. The first-order valence-electron chi connectivity index (χ1n) is 5.18. The molecule has 0 spiro atoms. The second-order valence-corrected chi connectivity index (χ2v) is 4.00. The van der Waals surface area contributed by atoms with Crippen molar-refractivity contribution in [3.05, 3.63) is 47.8 Å². The molecule has 4 N–H and O–H groups in total. The molecule has 92 valence electrons. The van der Waals surface area contributed by atoms with Gasteiger partial charge in [-0.2, -0.15) is 0 Å². The van der Waals surface area contributed by atoms with Gasteiger partial charge in [0.15, 0.2) is 0 Å². The van der Waals surface area contributed by atoms with Crippen molar-refractivity contribution in [2.45, 2.75) is 6.54 Å². The number of carbonyl (C=O) groups excluding carboxylic acids is 1. The Bertz CT molecular complexity index is 549. The molecule has 0 bridgehead atoms. The Balaban J connectivity index is 1.98. The van der Waals surface area contributed by atoms with Gasteiger partial charge < -0.3 is 16.0 Å². The Hall–Kier alpha value is -2.28. The van der Waals surface area contributed by atoms with Gasteiger partial charge in [0.25, 0.3) is 5.91 Å². The second-order valence-electron chi connectivity index (χ2n) is 3.56. The number of nitrogens with two attached hydrogens (primary N) is 1. The summed E-state index contributed by atoms with van der Waals surface area (Å²) in [4.78, 5) is 22.7. The van der Waals surface area contributed by atoms with Crippen LogP contribution in [0.25, 0.3) is 0 Å². The highest BCUT2D eigenvalue weighted by molar-refractivity contribution is 7.80. The van der Waals surface area contributed by atoms with Crippen molar-refractivity contribution < 1.29 is 4.79 Å². The molecular formula is C11H11N5OS. The molecule has 0 fully saturated rings. The fourth-order valence-corrected chi connectivity index (χ4v) is 1.44. The SMILES string of the molecule is NC(=S)c1ccc(C(=O)NCc2cnc[nH]2)nc1. The Labute approximate surface area is 109 Å². The molecule has 2 aromatic rings. The number of rotatable bonds is 4. The molecule has 0 aromatic carbocycles. The topological polar surface area (TPSA) is 96.7 Å². The minimum Gasteiger partial charge on any atom is -0.389 e. The molecule has 0 aliphatic heterocycles. The van der Waals surface area contributed by atoms with E-state index in [1.54, 1.807) is 24.7 Å². The number of amides is 1. The van der Waals surface area contributed by atoms with Crippen molar-refractivity contribution in [2.24, 2.45) is 5.73 Å². The lowest BCUT2D eigenvalue weighted by Crippen LogP contribution is -2.24. The molecule has 1 amide bonds. The van der Waals surface area contributed by atoms with E-state index in [1.165, 1.54) is 6.20 Å². The lowest BCUT2D eigenvalue weighted by atomic mass is 10.2. The van der Waals surface area contributed by atoms with Gasteiger partial charge in [-0.3, -0.25) is 9.78 Å². The largest absolute Gasteiger partial charge is 0.389 e. The molecule has 0 unspecified atom stereocenters. The number of aromatic nitrogens is 3. The van der Waals surface area contributed by atoms with E-state index in [4.69, 9.17) is 18.0 Å². The standard InChI is InChI=1S/C11H11N5OS/c12-10(18)7-1-2-9(14-3-7)11(17)15-5-8-4-13-6-16-8/h1-4,6H,5H2,(H2,12,18)(H,13,16)(H,15,17). The number of carbonyl (C=O) groups is 1. The van der Waals surface area contributed by atoms with Gasteiger partial charge in [-0.25, -0.2) is 4.98 Å². The van der Waals surface area contributed by atoms with Crippen LogP contribution in [0, 0.1) is 0 Å².